The first kappa shape index (κ1) is 22.4. The summed E-state index contributed by atoms with van der Waals surface area (Å²) in [5.74, 6) is -3.71. The maximum absolute atomic E-state index is 11.5. The fraction of sp³-hybridized carbons (Fsp3) is 0.688. The van der Waals surface area contributed by atoms with Crippen molar-refractivity contribution in [3.05, 3.63) is 0 Å². The number of rotatable bonds is 6. The monoisotopic (exact) mass is 390 g/mol. The Labute approximate surface area is 155 Å². The largest absolute Gasteiger partial charge is 0.463 e. The summed E-state index contributed by atoms with van der Waals surface area (Å²) in [7, 11) is 0. The van der Waals surface area contributed by atoms with Gasteiger partial charge >= 0.3 is 29.8 Å². The fourth-order valence-corrected chi connectivity index (χ4v) is 2.45. The number of hydrogen-bond donors (Lipinski definition) is 0. The van der Waals surface area contributed by atoms with E-state index in [9.17, 15) is 24.0 Å². The Balaban J connectivity index is 3.29. The lowest BCUT2D eigenvalue weighted by Crippen LogP contribution is -2.63. The van der Waals surface area contributed by atoms with Crippen LogP contribution in [0.3, 0.4) is 0 Å². The van der Waals surface area contributed by atoms with Crippen LogP contribution in [0.25, 0.3) is 0 Å². The molecule has 0 aromatic heterocycles. The Kier molecular flexibility index (Phi) is 8.16. The zero-order valence-electron chi connectivity index (χ0n) is 15.6. The standard InChI is InChI=1S/C16H22O11/c1-7(17)22-6-12-13(23-8(2)18)14(24-9(3)19)15(25-10(4)20)16(27-12)26-11(5)21/h12-16H,6H2,1-5H3/t12?,13-,14?,15+,16-/m0/s1. The van der Waals surface area contributed by atoms with Crippen LogP contribution in [0, 0.1) is 0 Å². The molecule has 1 aliphatic heterocycles. The molecule has 11 heteroatoms. The van der Waals surface area contributed by atoms with Gasteiger partial charge in [0.1, 0.15) is 12.7 Å². The summed E-state index contributed by atoms with van der Waals surface area (Å²) in [4.78, 5) is 57.0. The number of carbonyl (C=O) groups excluding carboxylic acids is 5. The van der Waals surface area contributed by atoms with Crippen LogP contribution < -0.4 is 0 Å². The molecule has 152 valence electrons. The summed E-state index contributed by atoms with van der Waals surface area (Å²) in [5, 5.41) is 0. The van der Waals surface area contributed by atoms with Gasteiger partial charge in [-0.2, -0.15) is 0 Å². The van der Waals surface area contributed by atoms with Crippen molar-refractivity contribution >= 4 is 29.8 Å². The van der Waals surface area contributed by atoms with Crippen molar-refractivity contribution in [2.45, 2.75) is 65.3 Å². The molecule has 2 unspecified atom stereocenters. The van der Waals surface area contributed by atoms with E-state index < -0.39 is 67.2 Å². The van der Waals surface area contributed by atoms with Gasteiger partial charge in [-0.1, -0.05) is 0 Å². The van der Waals surface area contributed by atoms with Crippen LogP contribution in [0.1, 0.15) is 34.6 Å². The van der Waals surface area contributed by atoms with Crippen LogP contribution in [-0.2, 0) is 52.4 Å². The molecular formula is C16H22O11. The Bertz CT molecular complexity index is 599. The molecule has 0 saturated carbocycles. The van der Waals surface area contributed by atoms with Crippen LogP contribution >= 0.6 is 0 Å². The highest BCUT2D eigenvalue weighted by Crippen LogP contribution is 2.29. The van der Waals surface area contributed by atoms with Gasteiger partial charge in [0.15, 0.2) is 12.2 Å². The Morgan fingerprint density at radius 2 is 1.07 bits per heavy atom. The molecule has 0 spiro atoms. The van der Waals surface area contributed by atoms with E-state index in [1.807, 2.05) is 0 Å². The molecular weight excluding hydrogens is 368 g/mol. The Morgan fingerprint density at radius 3 is 1.52 bits per heavy atom. The highest BCUT2D eigenvalue weighted by molar-refractivity contribution is 5.69. The Hall–Kier alpha value is -2.69. The van der Waals surface area contributed by atoms with Gasteiger partial charge in [0, 0.05) is 34.6 Å². The topological polar surface area (TPSA) is 141 Å². The summed E-state index contributed by atoms with van der Waals surface area (Å²) < 4.78 is 30.8. The molecule has 1 fully saturated rings. The first-order valence-corrected chi connectivity index (χ1v) is 7.99. The predicted octanol–water partition coefficient (Wildman–Crippen LogP) is -0.367. The van der Waals surface area contributed by atoms with E-state index in [1.54, 1.807) is 0 Å². The average Bonchev–Trinajstić information content (AvgIpc) is 2.49. The lowest BCUT2D eigenvalue weighted by Gasteiger charge is -2.43. The van der Waals surface area contributed by atoms with E-state index in [-0.39, 0.29) is 0 Å². The third-order valence-corrected chi connectivity index (χ3v) is 3.23. The predicted molar refractivity (Wildman–Crippen MR) is 83.7 cm³/mol. The van der Waals surface area contributed by atoms with E-state index in [2.05, 4.69) is 0 Å². The minimum Gasteiger partial charge on any atom is -0.463 e. The molecule has 5 atom stereocenters. The molecule has 27 heavy (non-hydrogen) atoms. The lowest BCUT2D eigenvalue weighted by atomic mass is 9.98. The maximum Gasteiger partial charge on any atom is 0.305 e. The molecule has 0 aromatic carbocycles. The summed E-state index contributed by atoms with van der Waals surface area (Å²) in [6.07, 6.45) is -6.70. The summed E-state index contributed by atoms with van der Waals surface area (Å²) in [5.41, 5.74) is 0. The van der Waals surface area contributed by atoms with Gasteiger partial charge in [-0.3, -0.25) is 24.0 Å². The molecule has 1 saturated heterocycles. The van der Waals surface area contributed by atoms with E-state index >= 15 is 0 Å². The van der Waals surface area contributed by atoms with Crippen molar-refractivity contribution in [2.24, 2.45) is 0 Å². The van der Waals surface area contributed by atoms with Crippen molar-refractivity contribution in [3.63, 3.8) is 0 Å². The normalized spacial score (nSPS) is 27.1. The number of carbonyl (C=O) groups is 5. The second-order valence-electron chi connectivity index (χ2n) is 5.68. The second-order valence-corrected chi connectivity index (χ2v) is 5.68. The maximum atomic E-state index is 11.5. The third kappa shape index (κ3) is 7.21. The van der Waals surface area contributed by atoms with Crippen LogP contribution in [0.15, 0.2) is 0 Å². The minimum atomic E-state index is -1.48. The van der Waals surface area contributed by atoms with Crippen molar-refractivity contribution in [1.82, 2.24) is 0 Å². The summed E-state index contributed by atoms with van der Waals surface area (Å²) in [6.45, 7) is 5.13. The summed E-state index contributed by atoms with van der Waals surface area (Å²) in [6, 6.07) is 0. The van der Waals surface area contributed by atoms with Gasteiger partial charge in [0.05, 0.1) is 0 Å². The second kappa shape index (κ2) is 9.86. The van der Waals surface area contributed by atoms with E-state index in [0.29, 0.717) is 0 Å². The molecule has 0 N–H and O–H groups in total. The smallest absolute Gasteiger partial charge is 0.305 e. The molecule has 0 aromatic rings. The van der Waals surface area contributed by atoms with Crippen molar-refractivity contribution in [2.75, 3.05) is 6.61 Å². The molecule has 0 aliphatic carbocycles. The Morgan fingerprint density at radius 1 is 0.630 bits per heavy atom. The quantitative estimate of drug-likeness (QED) is 0.433. The highest BCUT2D eigenvalue weighted by atomic mass is 16.7. The number of hydrogen-bond acceptors (Lipinski definition) is 11. The molecule has 0 radical (unpaired) electrons. The van der Waals surface area contributed by atoms with Gasteiger partial charge in [-0.25, -0.2) is 0 Å². The van der Waals surface area contributed by atoms with Crippen LogP contribution in [0.5, 0.6) is 0 Å². The van der Waals surface area contributed by atoms with E-state index in [0.717, 1.165) is 34.6 Å². The zero-order valence-corrected chi connectivity index (χ0v) is 15.6. The molecule has 0 amide bonds. The van der Waals surface area contributed by atoms with Crippen molar-refractivity contribution < 1.29 is 52.4 Å². The van der Waals surface area contributed by atoms with Crippen LogP contribution in [0.2, 0.25) is 0 Å². The third-order valence-electron chi connectivity index (χ3n) is 3.23. The van der Waals surface area contributed by atoms with Gasteiger partial charge in [-0.15, -0.1) is 0 Å². The minimum absolute atomic E-state index is 0.393. The van der Waals surface area contributed by atoms with Crippen LogP contribution in [-0.4, -0.2) is 67.2 Å². The van der Waals surface area contributed by atoms with Gasteiger partial charge in [0.25, 0.3) is 0 Å². The fourth-order valence-electron chi connectivity index (χ4n) is 2.45. The average molecular weight is 390 g/mol. The zero-order chi connectivity index (χ0) is 20.7. The van der Waals surface area contributed by atoms with E-state index in [1.165, 1.54) is 0 Å². The van der Waals surface area contributed by atoms with E-state index in [4.69, 9.17) is 28.4 Å². The first-order valence-electron chi connectivity index (χ1n) is 7.99. The molecule has 0 bridgehead atoms. The highest BCUT2D eigenvalue weighted by Gasteiger charge is 2.53. The van der Waals surface area contributed by atoms with Crippen molar-refractivity contribution in [1.29, 1.82) is 0 Å². The van der Waals surface area contributed by atoms with Gasteiger partial charge < -0.3 is 28.4 Å². The number of ether oxygens (including phenoxy) is 6. The molecule has 11 nitrogen and oxygen atoms in total. The summed E-state index contributed by atoms with van der Waals surface area (Å²) >= 11 is 0. The number of esters is 5. The van der Waals surface area contributed by atoms with Gasteiger partial charge in [-0.05, 0) is 0 Å². The molecule has 1 rings (SSSR count). The molecule has 1 heterocycles. The van der Waals surface area contributed by atoms with Gasteiger partial charge in [0.2, 0.25) is 12.4 Å². The lowest BCUT2D eigenvalue weighted by molar-refractivity contribution is -0.300. The van der Waals surface area contributed by atoms with Crippen LogP contribution in [0.4, 0.5) is 0 Å². The first-order chi connectivity index (χ1) is 12.5. The SMILES string of the molecule is CC(=O)OCC1O[C@H](OC(C)=O)[C@H](OC(C)=O)C(OC(C)=O)[C@H]1OC(C)=O. The van der Waals surface area contributed by atoms with Crippen molar-refractivity contribution in [3.8, 4) is 0 Å². The molecule has 1 aliphatic rings.